The smallest absolute Gasteiger partial charge is 0.387 e. The lowest BCUT2D eigenvalue weighted by Crippen LogP contribution is -2.42. The molecule has 0 bridgehead atoms. The van der Waals surface area contributed by atoms with Crippen molar-refractivity contribution in [2.45, 2.75) is 25.5 Å². The number of fused-ring (bicyclic) bond motifs is 1. The van der Waals surface area contributed by atoms with Gasteiger partial charge in [-0.15, -0.1) is 0 Å². The second-order valence-electron chi connectivity index (χ2n) is 10.1. The molecule has 0 radical (unpaired) electrons. The Morgan fingerprint density at radius 3 is 2.63 bits per heavy atom. The summed E-state index contributed by atoms with van der Waals surface area (Å²) in [6.07, 6.45) is 6.12. The number of aromatic nitrogens is 4. The Morgan fingerprint density at radius 1 is 1.15 bits per heavy atom. The summed E-state index contributed by atoms with van der Waals surface area (Å²) < 4.78 is 33.8. The number of carbonyl (C=O) groups is 1. The van der Waals surface area contributed by atoms with Crippen LogP contribution in [0.15, 0.2) is 61.6 Å². The third-order valence-corrected chi connectivity index (χ3v) is 7.27. The van der Waals surface area contributed by atoms with Crippen LogP contribution in [0.25, 0.3) is 22.2 Å². The van der Waals surface area contributed by atoms with Crippen LogP contribution in [0.4, 0.5) is 31.7 Å². The maximum absolute atomic E-state index is 13.6. The first-order valence-corrected chi connectivity index (χ1v) is 13.2. The summed E-state index contributed by atoms with van der Waals surface area (Å²) >= 11 is 0. The second-order valence-corrected chi connectivity index (χ2v) is 10.1. The monoisotopic (exact) mass is 562 g/mol. The lowest BCUT2D eigenvalue weighted by Gasteiger charge is -2.37. The summed E-state index contributed by atoms with van der Waals surface area (Å²) in [6, 6.07) is 11.1. The van der Waals surface area contributed by atoms with E-state index in [0.717, 1.165) is 35.4 Å². The number of rotatable bonds is 9. The van der Waals surface area contributed by atoms with E-state index in [1.807, 2.05) is 39.3 Å². The third-order valence-electron chi connectivity index (χ3n) is 7.27. The van der Waals surface area contributed by atoms with Gasteiger partial charge < -0.3 is 25.2 Å². The van der Waals surface area contributed by atoms with Gasteiger partial charge >= 0.3 is 6.61 Å². The highest BCUT2D eigenvalue weighted by molar-refractivity contribution is 6.02. The first kappa shape index (κ1) is 28.0. The summed E-state index contributed by atoms with van der Waals surface area (Å²) in [4.78, 5) is 25.3. The quantitative estimate of drug-likeness (QED) is 0.274. The summed E-state index contributed by atoms with van der Waals surface area (Å²) in [6.45, 7) is 1.87. The van der Waals surface area contributed by atoms with E-state index in [-0.39, 0.29) is 11.4 Å². The van der Waals surface area contributed by atoms with Crippen molar-refractivity contribution in [3.8, 4) is 17.0 Å². The summed E-state index contributed by atoms with van der Waals surface area (Å²) in [7, 11) is 5.95. The number of carbonyl (C=O) groups excluding carboxylic acids is 1. The number of anilines is 4. The first-order valence-electron chi connectivity index (χ1n) is 13.2. The number of nitrogens with one attached hydrogen (secondary N) is 2. The van der Waals surface area contributed by atoms with Gasteiger partial charge in [0.1, 0.15) is 12.1 Å². The third kappa shape index (κ3) is 6.27. The van der Waals surface area contributed by atoms with E-state index in [2.05, 4.69) is 42.1 Å². The van der Waals surface area contributed by atoms with E-state index >= 15 is 0 Å². The number of ether oxygens (including phenoxy) is 1. The van der Waals surface area contributed by atoms with E-state index in [0.29, 0.717) is 42.0 Å². The zero-order valence-electron chi connectivity index (χ0n) is 23.1. The topological polar surface area (TPSA) is 100 Å². The zero-order chi connectivity index (χ0) is 29.1. The highest BCUT2D eigenvalue weighted by Gasteiger charge is 2.25. The Labute approximate surface area is 236 Å². The number of nitrogens with zero attached hydrogens (tertiary/aromatic N) is 6. The highest BCUT2D eigenvalue weighted by Crippen LogP contribution is 2.40. The molecule has 0 spiro atoms. The van der Waals surface area contributed by atoms with Crippen molar-refractivity contribution in [3.63, 3.8) is 0 Å². The Hall–Kier alpha value is -4.58. The number of alkyl halides is 2. The van der Waals surface area contributed by atoms with Crippen molar-refractivity contribution in [2.75, 3.05) is 42.7 Å². The molecule has 1 aliphatic heterocycles. The fraction of sp³-hybridized carbons (Fsp3) is 0.310. The van der Waals surface area contributed by atoms with Crippen molar-refractivity contribution in [1.82, 2.24) is 24.6 Å². The minimum atomic E-state index is -3.05. The maximum atomic E-state index is 13.6. The van der Waals surface area contributed by atoms with Gasteiger partial charge in [0.15, 0.2) is 5.75 Å². The van der Waals surface area contributed by atoms with Crippen molar-refractivity contribution in [2.24, 2.45) is 7.05 Å². The van der Waals surface area contributed by atoms with Crippen molar-refractivity contribution >= 4 is 39.7 Å². The molecule has 4 aromatic rings. The van der Waals surface area contributed by atoms with E-state index < -0.39 is 12.5 Å². The number of hydrogen-bond donors (Lipinski definition) is 2. The summed E-state index contributed by atoms with van der Waals surface area (Å²) in [5.74, 6) is -0.129. The SMILES string of the molecule is C=CC(=O)Nc1cc(Nc2cc(-c3ccc4cnn(C)c4c3)ncn2)c(OC(F)F)cc1N1CCC(N(C)C)CC1. The Bertz CT molecular complexity index is 1560. The van der Waals surface area contributed by atoms with Crippen LogP contribution in [0.5, 0.6) is 5.75 Å². The Morgan fingerprint density at radius 2 is 1.93 bits per heavy atom. The lowest BCUT2D eigenvalue weighted by atomic mass is 10.0. The van der Waals surface area contributed by atoms with Crippen LogP contribution >= 0.6 is 0 Å². The number of amides is 1. The average Bonchev–Trinajstić information content (AvgIpc) is 3.34. The van der Waals surface area contributed by atoms with Gasteiger partial charge in [-0.3, -0.25) is 9.48 Å². The minimum absolute atomic E-state index is 0.0715. The van der Waals surface area contributed by atoms with Crippen molar-refractivity contribution in [3.05, 3.63) is 61.6 Å². The van der Waals surface area contributed by atoms with Crippen LogP contribution in [0.3, 0.4) is 0 Å². The van der Waals surface area contributed by atoms with Gasteiger partial charge in [0.25, 0.3) is 0 Å². The molecule has 1 fully saturated rings. The molecule has 12 heteroatoms. The molecule has 0 aliphatic carbocycles. The van der Waals surface area contributed by atoms with Crippen LogP contribution in [0, 0.1) is 0 Å². The van der Waals surface area contributed by atoms with Crippen LogP contribution in [0.1, 0.15) is 12.8 Å². The van der Waals surface area contributed by atoms with E-state index in [1.165, 1.54) is 12.4 Å². The van der Waals surface area contributed by atoms with Gasteiger partial charge in [-0.2, -0.15) is 13.9 Å². The van der Waals surface area contributed by atoms with Crippen molar-refractivity contribution in [1.29, 1.82) is 0 Å². The number of piperidine rings is 1. The fourth-order valence-electron chi connectivity index (χ4n) is 5.05. The molecule has 3 heterocycles. The molecule has 0 atom stereocenters. The Kier molecular flexibility index (Phi) is 8.11. The summed E-state index contributed by atoms with van der Waals surface area (Å²) in [5.41, 5.74) is 3.65. The molecule has 2 aromatic carbocycles. The van der Waals surface area contributed by atoms with Crippen LogP contribution in [0.2, 0.25) is 0 Å². The molecule has 10 nitrogen and oxygen atoms in total. The van der Waals surface area contributed by atoms with E-state index in [1.54, 1.807) is 23.0 Å². The Balaban J connectivity index is 1.50. The molecule has 1 saturated heterocycles. The van der Waals surface area contributed by atoms with Gasteiger partial charge in [-0.05, 0) is 45.1 Å². The molecule has 2 aromatic heterocycles. The van der Waals surface area contributed by atoms with E-state index in [4.69, 9.17) is 4.74 Å². The zero-order valence-corrected chi connectivity index (χ0v) is 23.1. The van der Waals surface area contributed by atoms with Crippen LogP contribution in [-0.4, -0.2) is 70.4 Å². The maximum Gasteiger partial charge on any atom is 0.387 e. The van der Waals surface area contributed by atoms with Gasteiger partial charge in [0.2, 0.25) is 5.91 Å². The molecule has 2 N–H and O–H groups in total. The first-order chi connectivity index (χ1) is 19.7. The fourth-order valence-corrected chi connectivity index (χ4v) is 5.05. The number of hydrogen-bond acceptors (Lipinski definition) is 8. The molecule has 0 saturated carbocycles. The van der Waals surface area contributed by atoms with Crippen LogP contribution in [-0.2, 0) is 11.8 Å². The predicted molar refractivity (Wildman–Crippen MR) is 156 cm³/mol. The molecule has 214 valence electrons. The number of aryl methyl sites for hydroxylation is 1. The van der Waals surface area contributed by atoms with Gasteiger partial charge in [-0.1, -0.05) is 18.7 Å². The second kappa shape index (κ2) is 11.9. The van der Waals surface area contributed by atoms with Gasteiger partial charge in [0, 0.05) is 49.3 Å². The molecule has 41 heavy (non-hydrogen) atoms. The molecular formula is C29H32F2N8O2. The molecular weight excluding hydrogens is 530 g/mol. The molecule has 1 amide bonds. The van der Waals surface area contributed by atoms with Crippen molar-refractivity contribution < 1.29 is 18.3 Å². The summed E-state index contributed by atoms with van der Waals surface area (Å²) in [5, 5.41) is 11.2. The normalized spacial score (nSPS) is 14.1. The molecule has 0 unspecified atom stereocenters. The standard InChI is InChI=1S/C29H32F2N8O2/c1-5-28(40)36-22-13-23(26(41-29(30)31)15-25(22)39-10-8-20(9-11-39)37(2)3)35-27-14-21(32-17-33-27)18-6-7-19-16-34-38(4)24(19)12-18/h5-7,12-17,20,29H,1,8-11H2,2-4H3,(H,36,40)(H,32,33,35). The lowest BCUT2D eigenvalue weighted by molar-refractivity contribution is -0.111. The molecule has 5 rings (SSSR count). The van der Waals surface area contributed by atoms with Crippen LogP contribution < -0.4 is 20.3 Å². The van der Waals surface area contributed by atoms with E-state index in [9.17, 15) is 13.6 Å². The largest absolute Gasteiger partial charge is 0.433 e. The van der Waals surface area contributed by atoms with Gasteiger partial charge in [-0.25, -0.2) is 9.97 Å². The minimum Gasteiger partial charge on any atom is -0.433 e. The average molecular weight is 563 g/mol. The van der Waals surface area contributed by atoms with Gasteiger partial charge in [0.05, 0.1) is 34.5 Å². The molecule has 1 aliphatic rings. The number of halogens is 2. The number of benzene rings is 2. The predicted octanol–water partition coefficient (Wildman–Crippen LogP) is 5.03. The highest BCUT2D eigenvalue weighted by atomic mass is 19.3.